The summed E-state index contributed by atoms with van der Waals surface area (Å²) in [5, 5.41) is 8.65. The minimum atomic E-state index is -0.366. The minimum absolute atomic E-state index is 0.216. The Morgan fingerprint density at radius 2 is 1.79 bits per heavy atom. The summed E-state index contributed by atoms with van der Waals surface area (Å²) < 4.78 is 18.3. The Morgan fingerprint density at radius 3 is 2.60 bits per heavy atom. The molecule has 10 heteroatoms. The van der Waals surface area contributed by atoms with E-state index in [1.165, 1.54) is 10.9 Å². The van der Waals surface area contributed by atoms with Crippen LogP contribution in [-0.2, 0) is 4.79 Å². The topological polar surface area (TPSA) is 108 Å². The highest BCUT2D eigenvalue weighted by molar-refractivity contribution is 6.32. The van der Waals surface area contributed by atoms with Crippen molar-refractivity contribution in [1.82, 2.24) is 9.66 Å². The zero-order valence-electron chi connectivity index (χ0n) is 22.3. The number of nitrogens with zero attached hydrogens (tertiary/aromatic N) is 3. The summed E-state index contributed by atoms with van der Waals surface area (Å²) in [5.74, 6) is 1.23. The fourth-order valence-corrected chi connectivity index (χ4v) is 4.66. The van der Waals surface area contributed by atoms with Gasteiger partial charge in [0, 0.05) is 5.69 Å². The Kier molecular flexibility index (Phi) is 7.40. The first kappa shape index (κ1) is 26.8. The van der Waals surface area contributed by atoms with E-state index in [-0.39, 0.29) is 28.9 Å². The number of carbonyl (C=O) groups is 1. The number of amides is 1. The van der Waals surface area contributed by atoms with E-state index in [4.69, 9.17) is 30.5 Å². The molecule has 1 N–H and O–H groups in total. The third kappa shape index (κ3) is 5.45. The highest BCUT2D eigenvalue weighted by atomic mass is 35.5. The van der Waals surface area contributed by atoms with Crippen LogP contribution in [-0.4, -0.2) is 35.5 Å². The van der Waals surface area contributed by atoms with Gasteiger partial charge in [-0.3, -0.25) is 9.59 Å². The van der Waals surface area contributed by atoms with Crippen LogP contribution in [0.5, 0.6) is 11.5 Å². The molecule has 0 aliphatic carbocycles. The van der Waals surface area contributed by atoms with Gasteiger partial charge in [-0.1, -0.05) is 48.0 Å². The zero-order chi connectivity index (χ0) is 29.1. The Hall–Kier alpha value is -5.41. The van der Waals surface area contributed by atoms with Gasteiger partial charge < -0.3 is 19.2 Å². The number of rotatable bonds is 8. The summed E-state index contributed by atoms with van der Waals surface area (Å²) in [7, 11) is 1.58. The van der Waals surface area contributed by atoms with Crippen molar-refractivity contribution in [2.24, 2.45) is 5.10 Å². The summed E-state index contributed by atoms with van der Waals surface area (Å²) >= 11 is 6.44. The van der Waals surface area contributed by atoms with Crippen LogP contribution in [0.2, 0.25) is 5.02 Å². The Labute approximate surface area is 244 Å². The van der Waals surface area contributed by atoms with Crippen LogP contribution >= 0.6 is 11.6 Å². The number of aromatic nitrogens is 2. The first-order valence-electron chi connectivity index (χ1n) is 12.9. The average molecular weight is 579 g/mol. The van der Waals surface area contributed by atoms with E-state index < -0.39 is 0 Å². The van der Waals surface area contributed by atoms with Crippen molar-refractivity contribution in [1.29, 1.82) is 0 Å². The molecular weight excluding hydrogens is 556 g/mol. The summed E-state index contributed by atoms with van der Waals surface area (Å²) in [4.78, 5) is 30.5. The van der Waals surface area contributed by atoms with Crippen LogP contribution in [0, 0.1) is 0 Å². The van der Waals surface area contributed by atoms with Gasteiger partial charge in [0.15, 0.2) is 12.4 Å². The number of benzene rings is 4. The van der Waals surface area contributed by atoms with Crippen molar-refractivity contribution in [2.45, 2.75) is 0 Å². The number of nitrogens with one attached hydrogen (secondary N) is 1. The maximum atomic E-state index is 13.5. The third-order valence-corrected chi connectivity index (χ3v) is 6.71. The second-order valence-electron chi connectivity index (χ2n) is 9.19. The molecule has 1 amide bonds. The standard InChI is InChI=1S/C32H23ClN4O5/c1-40-26-12-7-13-27-23(26)17-29(42-27)31-36-25-11-6-5-10-22(25)32(39)37(31)34-18-20-14-15-28(24(33)16-20)41-19-30(38)35-21-8-3-2-4-9-21/h2-18H,19H2,1H3,(H,35,38). The van der Waals surface area contributed by atoms with Crippen molar-refractivity contribution < 1.29 is 18.7 Å². The smallest absolute Gasteiger partial charge is 0.282 e. The molecule has 42 heavy (non-hydrogen) atoms. The lowest BCUT2D eigenvalue weighted by molar-refractivity contribution is -0.118. The van der Waals surface area contributed by atoms with Crippen molar-refractivity contribution in [3.63, 3.8) is 0 Å². The van der Waals surface area contributed by atoms with E-state index in [0.29, 0.717) is 45.0 Å². The summed E-state index contributed by atoms with van der Waals surface area (Å²) in [6.07, 6.45) is 1.49. The monoisotopic (exact) mass is 578 g/mol. The number of fused-ring (bicyclic) bond motifs is 2. The summed E-state index contributed by atoms with van der Waals surface area (Å²) in [6, 6.07) is 28.3. The number of para-hydroxylation sites is 2. The maximum absolute atomic E-state index is 13.5. The lowest BCUT2D eigenvalue weighted by atomic mass is 10.2. The fourth-order valence-electron chi connectivity index (χ4n) is 4.41. The van der Waals surface area contributed by atoms with Gasteiger partial charge in [0.05, 0.1) is 34.6 Å². The van der Waals surface area contributed by atoms with Gasteiger partial charge in [0.1, 0.15) is 17.1 Å². The first-order chi connectivity index (χ1) is 20.5. The number of hydrogen-bond acceptors (Lipinski definition) is 7. The lowest BCUT2D eigenvalue weighted by Crippen LogP contribution is -2.20. The first-order valence-corrected chi connectivity index (χ1v) is 13.3. The van der Waals surface area contributed by atoms with Crippen molar-refractivity contribution in [3.05, 3.63) is 118 Å². The number of anilines is 1. The molecule has 6 aromatic rings. The van der Waals surface area contributed by atoms with Crippen LogP contribution < -0.4 is 20.3 Å². The Bertz CT molecular complexity index is 2020. The minimum Gasteiger partial charge on any atom is -0.496 e. The maximum Gasteiger partial charge on any atom is 0.282 e. The van der Waals surface area contributed by atoms with Crippen LogP contribution in [0.4, 0.5) is 5.69 Å². The van der Waals surface area contributed by atoms with Crippen LogP contribution in [0.25, 0.3) is 33.5 Å². The van der Waals surface area contributed by atoms with E-state index >= 15 is 0 Å². The molecule has 9 nitrogen and oxygen atoms in total. The molecular formula is C32H23ClN4O5. The molecule has 2 aromatic heterocycles. The quantitative estimate of drug-likeness (QED) is 0.210. The number of methoxy groups -OCH3 is 1. The Balaban J connectivity index is 1.29. The molecule has 0 saturated heterocycles. The highest BCUT2D eigenvalue weighted by Crippen LogP contribution is 2.33. The normalized spacial score (nSPS) is 11.3. The predicted molar refractivity (Wildman–Crippen MR) is 163 cm³/mol. The van der Waals surface area contributed by atoms with E-state index in [2.05, 4.69) is 10.4 Å². The van der Waals surface area contributed by atoms with Crippen LogP contribution in [0.15, 0.2) is 111 Å². The predicted octanol–water partition coefficient (Wildman–Crippen LogP) is 6.37. The van der Waals surface area contributed by atoms with Crippen LogP contribution in [0.1, 0.15) is 5.56 Å². The molecule has 6 rings (SSSR count). The molecule has 0 saturated carbocycles. The average Bonchev–Trinajstić information content (AvgIpc) is 3.45. The van der Waals surface area contributed by atoms with Gasteiger partial charge in [-0.15, -0.1) is 0 Å². The molecule has 4 aromatic carbocycles. The lowest BCUT2D eigenvalue weighted by Gasteiger charge is -2.09. The van der Waals surface area contributed by atoms with Gasteiger partial charge in [0.2, 0.25) is 5.82 Å². The molecule has 0 fully saturated rings. The second kappa shape index (κ2) is 11.6. The van der Waals surface area contributed by atoms with Gasteiger partial charge in [0.25, 0.3) is 11.5 Å². The third-order valence-electron chi connectivity index (χ3n) is 6.41. The van der Waals surface area contributed by atoms with E-state index in [1.807, 2.05) is 42.5 Å². The zero-order valence-corrected chi connectivity index (χ0v) is 23.0. The van der Waals surface area contributed by atoms with Gasteiger partial charge in [-0.25, -0.2) is 4.98 Å². The largest absolute Gasteiger partial charge is 0.496 e. The molecule has 0 radical (unpaired) electrons. The van der Waals surface area contributed by atoms with Gasteiger partial charge in [-0.2, -0.15) is 9.78 Å². The second-order valence-corrected chi connectivity index (χ2v) is 9.60. The highest BCUT2D eigenvalue weighted by Gasteiger charge is 2.18. The number of hydrogen-bond donors (Lipinski definition) is 1. The molecule has 0 spiro atoms. The summed E-state index contributed by atoms with van der Waals surface area (Å²) in [6.45, 7) is -0.216. The molecule has 2 heterocycles. The molecule has 0 aliphatic heterocycles. The molecule has 0 bridgehead atoms. The van der Waals surface area contributed by atoms with Crippen molar-refractivity contribution >= 4 is 51.3 Å². The number of carbonyl (C=O) groups excluding carboxylic acids is 1. The Morgan fingerprint density at radius 1 is 0.976 bits per heavy atom. The fraction of sp³-hybridized carbons (Fsp3) is 0.0625. The number of furan rings is 1. The van der Waals surface area contributed by atoms with Crippen LogP contribution in [0.3, 0.4) is 0 Å². The SMILES string of the molecule is COc1cccc2oc(-c3nc4ccccc4c(=O)n3N=Cc3ccc(OCC(=O)Nc4ccccc4)c(Cl)c3)cc12. The molecule has 208 valence electrons. The van der Waals surface area contributed by atoms with Crippen molar-refractivity contribution in [3.8, 4) is 23.1 Å². The van der Waals surface area contributed by atoms with Gasteiger partial charge >= 0.3 is 0 Å². The van der Waals surface area contributed by atoms with Crippen molar-refractivity contribution in [2.75, 3.05) is 19.0 Å². The van der Waals surface area contributed by atoms with E-state index in [0.717, 1.165) is 5.39 Å². The number of halogens is 1. The number of ether oxygens (including phenoxy) is 2. The molecule has 0 atom stereocenters. The summed E-state index contributed by atoms with van der Waals surface area (Å²) in [5.41, 5.74) is 2.00. The van der Waals surface area contributed by atoms with E-state index in [9.17, 15) is 9.59 Å². The van der Waals surface area contributed by atoms with Gasteiger partial charge in [-0.05, 0) is 66.2 Å². The molecule has 0 aliphatic rings. The molecule has 0 unspecified atom stereocenters. The van der Waals surface area contributed by atoms with E-state index in [1.54, 1.807) is 61.7 Å².